The Balaban J connectivity index is 1.42. The van der Waals surface area contributed by atoms with Gasteiger partial charge in [-0.1, -0.05) is 6.08 Å². The van der Waals surface area contributed by atoms with Gasteiger partial charge in [0.1, 0.15) is 11.6 Å². The summed E-state index contributed by atoms with van der Waals surface area (Å²) in [6, 6.07) is 9.81. The number of nitrogens with zero attached hydrogens (tertiary/aromatic N) is 2. The summed E-state index contributed by atoms with van der Waals surface area (Å²) in [6.07, 6.45) is 7.89. The van der Waals surface area contributed by atoms with E-state index in [0.29, 0.717) is 17.4 Å². The second-order valence-electron chi connectivity index (χ2n) is 7.48. The summed E-state index contributed by atoms with van der Waals surface area (Å²) in [7, 11) is 0. The minimum Gasteiger partial charge on any atom is -0.359 e. The molecule has 0 radical (unpaired) electrons. The number of H-pyrrole nitrogens is 1. The summed E-state index contributed by atoms with van der Waals surface area (Å²) in [5.41, 5.74) is 4.65. The molecule has 6 heteroatoms. The zero-order chi connectivity index (χ0) is 19.1. The second-order valence-corrected chi connectivity index (χ2v) is 7.48. The van der Waals surface area contributed by atoms with Crippen LogP contribution in [0.15, 0.2) is 48.7 Å². The number of hydrogen-bond donors (Lipinski definition) is 2. The normalized spacial score (nSPS) is 19.5. The fourth-order valence-corrected chi connectivity index (χ4v) is 4.25. The summed E-state index contributed by atoms with van der Waals surface area (Å²) in [5.74, 6) is -0.182. The summed E-state index contributed by atoms with van der Waals surface area (Å²) in [5, 5.41) is 2.81. The van der Waals surface area contributed by atoms with Crippen LogP contribution >= 0.6 is 0 Å². The van der Waals surface area contributed by atoms with Gasteiger partial charge in [-0.25, -0.2) is 9.37 Å². The Morgan fingerprint density at radius 2 is 2.07 bits per heavy atom. The van der Waals surface area contributed by atoms with E-state index in [-0.39, 0.29) is 11.7 Å². The van der Waals surface area contributed by atoms with Crippen LogP contribution in [0.4, 0.5) is 10.2 Å². The van der Waals surface area contributed by atoms with Crippen molar-refractivity contribution in [3.05, 3.63) is 65.6 Å². The summed E-state index contributed by atoms with van der Waals surface area (Å²) < 4.78 is 13.1. The van der Waals surface area contributed by atoms with E-state index in [9.17, 15) is 9.18 Å². The lowest BCUT2D eigenvalue weighted by Crippen LogP contribution is -2.32. The first-order chi connectivity index (χ1) is 13.7. The zero-order valence-corrected chi connectivity index (χ0v) is 15.4. The van der Waals surface area contributed by atoms with Gasteiger partial charge >= 0.3 is 0 Å². The fourth-order valence-electron chi connectivity index (χ4n) is 4.25. The van der Waals surface area contributed by atoms with Gasteiger partial charge in [0.2, 0.25) is 0 Å². The number of anilines is 1. The van der Waals surface area contributed by atoms with E-state index in [1.54, 1.807) is 6.07 Å². The lowest BCUT2D eigenvalue weighted by atomic mass is 9.95. The van der Waals surface area contributed by atoms with Gasteiger partial charge in [0, 0.05) is 29.9 Å². The van der Waals surface area contributed by atoms with Crippen molar-refractivity contribution in [2.24, 2.45) is 0 Å². The van der Waals surface area contributed by atoms with Gasteiger partial charge in [0.25, 0.3) is 5.91 Å². The smallest absolute Gasteiger partial charge is 0.256 e. The molecule has 1 aromatic carbocycles. The number of benzene rings is 1. The number of aromatic nitrogens is 2. The molecule has 2 aliphatic heterocycles. The summed E-state index contributed by atoms with van der Waals surface area (Å²) in [4.78, 5) is 22.9. The van der Waals surface area contributed by atoms with Gasteiger partial charge in [-0.2, -0.15) is 0 Å². The van der Waals surface area contributed by atoms with Gasteiger partial charge in [-0.05, 0) is 67.8 Å². The number of nitrogens with one attached hydrogen (secondary N) is 2. The quantitative estimate of drug-likeness (QED) is 0.720. The lowest BCUT2D eigenvalue weighted by Gasteiger charge is -2.28. The number of aromatic amines is 1. The Labute approximate surface area is 162 Å². The van der Waals surface area contributed by atoms with Crippen molar-refractivity contribution >= 4 is 28.3 Å². The molecular formula is C22H21FN4O. The highest BCUT2D eigenvalue weighted by Crippen LogP contribution is 2.34. The molecule has 1 saturated heterocycles. The first-order valence-corrected chi connectivity index (χ1v) is 9.66. The van der Waals surface area contributed by atoms with E-state index in [1.807, 2.05) is 12.3 Å². The van der Waals surface area contributed by atoms with Gasteiger partial charge in [-0.3, -0.25) is 9.69 Å². The molecule has 142 valence electrons. The highest BCUT2D eigenvalue weighted by Gasteiger charge is 2.28. The van der Waals surface area contributed by atoms with Crippen LogP contribution in [-0.4, -0.2) is 39.9 Å². The minimum atomic E-state index is -0.366. The molecule has 1 amide bonds. The molecule has 1 fully saturated rings. The predicted octanol–water partition coefficient (Wildman–Crippen LogP) is 4.21. The van der Waals surface area contributed by atoms with Gasteiger partial charge in [0.15, 0.2) is 0 Å². The largest absolute Gasteiger partial charge is 0.359 e. The maximum atomic E-state index is 13.1. The van der Waals surface area contributed by atoms with Crippen molar-refractivity contribution in [2.45, 2.75) is 25.3 Å². The molecular weight excluding hydrogens is 355 g/mol. The predicted molar refractivity (Wildman–Crippen MR) is 108 cm³/mol. The Morgan fingerprint density at radius 3 is 2.93 bits per heavy atom. The Morgan fingerprint density at radius 1 is 1.21 bits per heavy atom. The molecule has 0 spiro atoms. The van der Waals surface area contributed by atoms with E-state index in [1.165, 1.54) is 49.2 Å². The topological polar surface area (TPSA) is 61.0 Å². The molecule has 28 heavy (non-hydrogen) atoms. The van der Waals surface area contributed by atoms with Crippen molar-refractivity contribution < 1.29 is 9.18 Å². The molecule has 0 saturated carbocycles. The van der Waals surface area contributed by atoms with Crippen LogP contribution in [0.5, 0.6) is 0 Å². The van der Waals surface area contributed by atoms with Gasteiger partial charge in [0.05, 0.1) is 11.0 Å². The lowest BCUT2D eigenvalue weighted by molar-refractivity contribution is 0.102. The van der Waals surface area contributed by atoms with Gasteiger partial charge in [-0.15, -0.1) is 0 Å². The average Bonchev–Trinajstić information content (AvgIpc) is 3.34. The van der Waals surface area contributed by atoms with Gasteiger partial charge < -0.3 is 10.3 Å². The first kappa shape index (κ1) is 17.1. The molecule has 1 unspecified atom stereocenters. The molecule has 5 rings (SSSR count). The van der Waals surface area contributed by atoms with E-state index in [0.717, 1.165) is 29.6 Å². The number of pyridine rings is 1. The van der Waals surface area contributed by atoms with Crippen LogP contribution in [0.3, 0.4) is 0 Å². The molecule has 2 N–H and O–H groups in total. The Kier molecular flexibility index (Phi) is 4.20. The van der Waals surface area contributed by atoms with Crippen LogP contribution in [0.25, 0.3) is 16.6 Å². The van der Waals surface area contributed by atoms with E-state index in [4.69, 9.17) is 0 Å². The fraction of sp³-hybridized carbons (Fsp3) is 0.273. The maximum absolute atomic E-state index is 13.1. The molecule has 4 heterocycles. The number of carbonyl (C=O) groups excluding carboxylic acids is 1. The molecule has 0 bridgehead atoms. The number of carbonyl (C=O) groups is 1. The highest BCUT2D eigenvalue weighted by atomic mass is 19.1. The average molecular weight is 376 g/mol. The standard InChI is InChI=1S/C22H21FN4O/c23-16-5-3-14(4-6-16)22(28)26-20-8-7-19-21(25-20)18(13-24-19)15-9-11-27-10-1-2-17(27)12-15/h3-9,13,17,24H,1-2,10-12H2,(H,25,26,28). The first-order valence-electron chi connectivity index (χ1n) is 9.66. The Hall–Kier alpha value is -2.99. The van der Waals surface area contributed by atoms with E-state index >= 15 is 0 Å². The third-order valence-corrected chi connectivity index (χ3v) is 5.74. The van der Waals surface area contributed by atoms with Crippen molar-refractivity contribution in [2.75, 3.05) is 18.4 Å². The second kappa shape index (κ2) is 6.87. The number of halogens is 1. The van der Waals surface area contributed by atoms with Crippen molar-refractivity contribution in [1.29, 1.82) is 0 Å². The molecule has 0 aliphatic carbocycles. The van der Waals surface area contributed by atoms with Crippen molar-refractivity contribution in [1.82, 2.24) is 14.9 Å². The third-order valence-electron chi connectivity index (χ3n) is 5.74. The van der Waals surface area contributed by atoms with E-state index in [2.05, 4.69) is 26.3 Å². The molecule has 2 aromatic heterocycles. The monoisotopic (exact) mass is 376 g/mol. The molecule has 1 atom stereocenters. The van der Waals surface area contributed by atoms with Crippen molar-refractivity contribution in [3.63, 3.8) is 0 Å². The summed E-state index contributed by atoms with van der Waals surface area (Å²) >= 11 is 0. The molecule has 2 aliphatic rings. The van der Waals surface area contributed by atoms with Crippen LogP contribution in [0.1, 0.15) is 35.2 Å². The molecule has 3 aromatic rings. The minimum absolute atomic E-state index is 0.303. The van der Waals surface area contributed by atoms with Crippen molar-refractivity contribution in [3.8, 4) is 0 Å². The zero-order valence-electron chi connectivity index (χ0n) is 15.4. The summed E-state index contributed by atoms with van der Waals surface area (Å²) in [6.45, 7) is 2.19. The number of rotatable bonds is 3. The van der Waals surface area contributed by atoms with Crippen LogP contribution in [-0.2, 0) is 0 Å². The Bertz CT molecular complexity index is 1070. The van der Waals surface area contributed by atoms with Crippen LogP contribution in [0.2, 0.25) is 0 Å². The van der Waals surface area contributed by atoms with E-state index < -0.39 is 0 Å². The molecule has 5 nitrogen and oxygen atoms in total. The van der Waals surface area contributed by atoms with Crippen LogP contribution < -0.4 is 5.32 Å². The highest BCUT2D eigenvalue weighted by molar-refractivity contribution is 6.04. The number of hydrogen-bond acceptors (Lipinski definition) is 3. The maximum Gasteiger partial charge on any atom is 0.256 e. The van der Waals surface area contributed by atoms with Crippen LogP contribution in [0, 0.1) is 5.82 Å². The third kappa shape index (κ3) is 3.10. The SMILES string of the molecule is O=C(Nc1ccc2[nH]cc(C3=CCN4CCCC4C3)c2n1)c1ccc(F)cc1. The number of fused-ring (bicyclic) bond motifs is 2. The number of amides is 1.